The molecule has 1 aromatic carbocycles. The van der Waals surface area contributed by atoms with Gasteiger partial charge in [-0.25, -0.2) is 0 Å². The quantitative estimate of drug-likeness (QED) is 0.791. The van der Waals surface area contributed by atoms with Crippen LogP contribution in [0.15, 0.2) is 24.3 Å². The monoisotopic (exact) mass is 347 g/mol. The smallest absolute Gasteiger partial charge is 0.406 e. The molecule has 0 saturated carbocycles. The number of benzene rings is 1. The number of amides is 2. The number of halogens is 3. The SMILES string of the molecule is CCNC(=O)[C@H](C)N(C)CC(=O)Nc1ccc(OC(F)(F)F)cc1. The zero-order valence-corrected chi connectivity index (χ0v) is 13.6. The van der Waals surface area contributed by atoms with Gasteiger partial charge in [-0.3, -0.25) is 14.5 Å². The van der Waals surface area contributed by atoms with E-state index >= 15 is 0 Å². The van der Waals surface area contributed by atoms with Crippen molar-refractivity contribution >= 4 is 17.5 Å². The first-order chi connectivity index (χ1) is 11.1. The Kier molecular flexibility index (Phi) is 7.02. The molecule has 1 atom stereocenters. The van der Waals surface area contributed by atoms with Gasteiger partial charge in [-0.2, -0.15) is 0 Å². The molecule has 9 heteroatoms. The molecule has 0 aromatic heterocycles. The Bertz CT molecular complexity index is 561. The van der Waals surface area contributed by atoms with Crippen LogP contribution in [0.4, 0.5) is 18.9 Å². The van der Waals surface area contributed by atoms with E-state index in [0.29, 0.717) is 12.2 Å². The molecule has 0 fully saturated rings. The van der Waals surface area contributed by atoms with Crippen LogP contribution in [0.1, 0.15) is 13.8 Å². The van der Waals surface area contributed by atoms with Crippen molar-refractivity contribution in [2.24, 2.45) is 0 Å². The van der Waals surface area contributed by atoms with Crippen molar-refractivity contribution in [2.75, 3.05) is 25.5 Å². The first-order valence-electron chi connectivity index (χ1n) is 7.26. The highest BCUT2D eigenvalue weighted by Gasteiger charge is 2.31. The average molecular weight is 347 g/mol. The Hall–Kier alpha value is -2.29. The Morgan fingerprint density at radius 3 is 2.33 bits per heavy atom. The van der Waals surface area contributed by atoms with Gasteiger partial charge < -0.3 is 15.4 Å². The van der Waals surface area contributed by atoms with Gasteiger partial charge in [0.15, 0.2) is 0 Å². The van der Waals surface area contributed by atoms with Crippen LogP contribution in [-0.4, -0.2) is 49.3 Å². The molecule has 0 unspecified atom stereocenters. The minimum absolute atomic E-state index is 0.0426. The summed E-state index contributed by atoms with van der Waals surface area (Å²) in [7, 11) is 1.62. The van der Waals surface area contributed by atoms with Gasteiger partial charge in [-0.05, 0) is 45.2 Å². The fraction of sp³-hybridized carbons (Fsp3) is 0.467. The van der Waals surface area contributed by atoms with Crippen LogP contribution < -0.4 is 15.4 Å². The van der Waals surface area contributed by atoms with E-state index in [4.69, 9.17) is 0 Å². The molecule has 0 radical (unpaired) electrons. The van der Waals surface area contributed by atoms with Gasteiger partial charge in [0.2, 0.25) is 11.8 Å². The third-order valence-electron chi connectivity index (χ3n) is 3.16. The number of ether oxygens (including phenoxy) is 1. The lowest BCUT2D eigenvalue weighted by Crippen LogP contribution is -2.45. The maximum Gasteiger partial charge on any atom is 0.573 e. The fourth-order valence-electron chi connectivity index (χ4n) is 1.83. The van der Waals surface area contributed by atoms with E-state index in [2.05, 4.69) is 15.4 Å². The third kappa shape index (κ3) is 6.86. The van der Waals surface area contributed by atoms with Crippen LogP contribution in [0.5, 0.6) is 5.75 Å². The summed E-state index contributed by atoms with van der Waals surface area (Å²) < 4.78 is 39.9. The normalized spacial score (nSPS) is 12.6. The Morgan fingerprint density at radius 2 is 1.83 bits per heavy atom. The summed E-state index contributed by atoms with van der Waals surface area (Å²) in [5.74, 6) is -0.956. The molecule has 0 aliphatic heterocycles. The Morgan fingerprint density at radius 1 is 1.25 bits per heavy atom. The van der Waals surface area contributed by atoms with Crippen molar-refractivity contribution in [3.05, 3.63) is 24.3 Å². The molecule has 1 rings (SSSR count). The van der Waals surface area contributed by atoms with Crippen molar-refractivity contribution in [1.82, 2.24) is 10.2 Å². The Balaban J connectivity index is 2.54. The number of likely N-dealkylation sites (N-methyl/N-ethyl adjacent to an activating group) is 2. The summed E-state index contributed by atoms with van der Waals surface area (Å²) in [6, 6.07) is 4.31. The second-order valence-electron chi connectivity index (χ2n) is 5.11. The molecule has 2 amide bonds. The Labute approximate surface area is 138 Å². The second kappa shape index (κ2) is 8.53. The highest BCUT2D eigenvalue weighted by atomic mass is 19.4. The topological polar surface area (TPSA) is 70.7 Å². The van der Waals surface area contributed by atoms with Gasteiger partial charge in [-0.1, -0.05) is 0 Å². The summed E-state index contributed by atoms with van der Waals surface area (Å²) in [5.41, 5.74) is 0.327. The molecule has 6 nitrogen and oxygen atoms in total. The minimum Gasteiger partial charge on any atom is -0.406 e. The van der Waals surface area contributed by atoms with Gasteiger partial charge >= 0.3 is 6.36 Å². The number of carbonyl (C=O) groups is 2. The van der Waals surface area contributed by atoms with Crippen molar-refractivity contribution in [3.8, 4) is 5.75 Å². The lowest BCUT2D eigenvalue weighted by atomic mass is 10.2. The summed E-state index contributed by atoms with van der Waals surface area (Å²) >= 11 is 0. The van der Waals surface area contributed by atoms with Crippen molar-refractivity contribution in [1.29, 1.82) is 0 Å². The lowest BCUT2D eigenvalue weighted by Gasteiger charge is -2.23. The highest BCUT2D eigenvalue weighted by molar-refractivity contribution is 5.92. The van der Waals surface area contributed by atoms with Crippen molar-refractivity contribution in [3.63, 3.8) is 0 Å². The zero-order chi connectivity index (χ0) is 18.3. The van der Waals surface area contributed by atoms with Crippen LogP contribution in [0, 0.1) is 0 Å². The number of anilines is 1. The second-order valence-corrected chi connectivity index (χ2v) is 5.11. The van der Waals surface area contributed by atoms with Crippen LogP contribution in [-0.2, 0) is 9.59 Å². The number of hydrogen-bond acceptors (Lipinski definition) is 4. The van der Waals surface area contributed by atoms with Crippen molar-refractivity contribution < 1.29 is 27.5 Å². The highest BCUT2D eigenvalue weighted by Crippen LogP contribution is 2.23. The van der Waals surface area contributed by atoms with Crippen molar-refractivity contribution in [2.45, 2.75) is 26.3 Å². The van der Waals surface area contributed by atoms with Crippen LogP contribution >= 0.6 is 0 Å². The van der Waals surface area contributed by atoms with Crippen LogP contribution in [0.25, 0.3) is 0 Å². The molecular formula is C15H20F3N3O3. The van der Waals surface area contributed by atoms with E-state index in [1.807, 2.05) is 0 Å². The van der Waals surface area contributed by atoms with Crippen LogP contribution in [0.2, 0.25) is 0 Å². The summed E-state index contributed by atoms with van der Waals surface area (Å²) in [4.78, 5) is 25.2. The van der Waals surface area contributed by atoms with Gasteiger partial charge in [0.1, 0.15) is 5.75 Å². The molecule has 0 heterocycles. The van der Waals surface area contributed by atoms with Gasteiger partial charge in [0.05, 0.1) is 12.6 Å². The number of rotatable bonds is 7. The average Bonchev–Trinajstić information content (AvgIpc) is 2.47. The number of alkyl halides is 3. The molecule has 0 aliphatic rings. The molecular weight excluding hydrogens is 327 g/mol. The first-order valence-corrected chi connectivity index (χ1v) is 7.26. The van der Waals surface area contributed by atoms with Gasteiger partial charge in [-0.15, -0.1) is 13.2 Å². The molecule has 24 heavy (non-hydrogen) atoms. The van der Waals surface area contributed by atoms with Gasteiger partial charge in [0, 0.05) is 12.2 Å². The van der Waals surface area contributed by atoms with E-state index < -0.39 is 18.3 Å². The van der Waals surface area contributed by atoms with E-state index in [1.165, 1.54) is 12.1 Å². The van der Waals surface area contributed by atoms with E-state index in [1.54, 1.807) is 25.8 Å². The third-order valence-corrected chi connectivity index (χ3v) is 3.16. The predicted octanol–water partition coefficient (Wildman–Crippen LogP) is 1.98. The fourth-order valence-corrected chi connectivity index (χ4v) is 1.83. The number of hydrogen-bond donors (Lipinski definition) is 2. The van der Waals surface area contributed by atoms with Gasteiger partial charge in [0.25, 0.3) is 0 Å². The van der Waals surface area contributed by atoms with Crippen LogP contribution in [0.3, 0.4) is 0 Å². The zero-order valence-electron chi connectivity index (χ0n) is 13.6. The maximum absolute atomic E-state index is 12.1. The molecule has 0 bridgehead atoms. The standard InChI is InChI=1S/C15H20F3N3O3/c1-4-19-14(23)10(2)21(3)9-13(22)20-11-5-7-12(8-6-11)24-15(16,17)18/h5-8,10H,4,9H2,1-3H3,(H,19,23)(H,20,22)/t10-/m0/s1. The molecule has 134 valence electrons. The van der Waals surface area contributed by atoms with E-state index in [9.17, 15) is 22.8 Å². The molecule has 0 spiro atoms. The largest absolute Gasteiger partial charge is 0.573 e. The molecule has 0 aliphatic carbocycles. The predicted molar refractivity (Wildman–Crippen MR) is 82.5 cm³/mol. The summed E-state index contributed by atoms with van der Waals surface area (Å²) in [5, 5.41) is 5.20. The van der Waals surface area contributed by atoms with E-state index in [0.717, 1.165) is 12.1 Å². The molecule has 2 N–H and O–H groups in total. The molecule has 1 aromatic rings. The minimum atomic E-state index is -4.76. The lowest BCUT2D eigenvalue weighted by molar-refractivity contribution is -0.274. The molecule has 0 saturated heterocycles. The number of nitrogens with zero attached hydrogens (tertiary/aromatic N) is 1. The number of carbonyl (C=O) groups excluding carboxylic acids is 2. The van der Waals surface area contributed by atoms with E-state index in [-0.39, 0.29) is 18.2 Å². The maximum atomic E-state index is 12.1. The summed E-state index contributed by atoms with van der Waals surface area (Å²) in [6.07, 6.45) is -4.76. The number of nitrogens with one attached hydrogen (secondary N) is 2. The summed E-state index contributed by atoms with van der Waals surface area (Å²) in [6.45, 7) is 3.92. The first kappa shape index (κ1) is 19.8.